The lowest BCUT2D eigenvalue weighted by molar-refractivity contribution is -0.143. The van der Waals surface area contributed by atoms with Crippen LogP contribution >= 0.6 is 0 Å². The average molecular weight is 598 g/mol. The summed E-state index contributed by atoms with van der Waals surface area (Å²) in [5.74, 6) is -1.59. The van der Waals surface area contributed by atoms with Gasteiger partial charge in [-0.1, -0.05) is 12.7 Å². The molecular weight excluding hydrogens is 561 g/mol. The highest BCUT2D eigenvalue weighted by molar-refractivity contribution is 5.93. The minimum absolute atomic E-state index is 0.0733. The first kappa shape index (κ1) is 31.2. The van der Waals surface area contributed by atoms with Crippen molar-refractivity contribution in [1.82, 2.24) is 24.8 Å². The summed E-state index contributed by atoms with van der Waals surface area (Å²) < 4.78 is 27.3. The molecule has 3 N–H and O–H groups in total. The third-order valence-corrected chi connectivity index (χ3v) is 6.59. The molecule has 230 valence electrons. The van der Waals surface area contributed by atoms with E-state index < -0.39 is 40.7 Å². The van der Waals surface area contributed by atoms with Gasteiger partial charge in [-0.15, -0.1) is 0 Å². The van der Waals surface area contributed by atoms with Gasteiger partial charge >= 0.3 is 18.2 Å². The number of hydrogen-bond donors (Lipinski definition) is 3. The summed E-state index contributed by atoms with van der Waals surface area (Å²) in [4.78, 5) is 51.9. The van der Waals surface area contributed by atoms with Crippen LogP contribution in [0.25, 0.3) is 17.2 Å². The second-order valence-corrected chi connectivity index (χ2v) is 12.2. The fourth-order valence-corrected chi connectivity index (χ4v) is 4.81. The second-order valence-electron chi connectivity index (χ2n) is 12.2. The largest absolute Gasteiger partial charge is 0.479 e. The standard InChI is InChI=1S/C29H36FN7O6/c1-8-17-18(13-37-16-33-21-22(31-15-32-23(21)37)34-25(40)42-27(2,3)4)20(10-9-19(17)30)36-12-11-29(14-36,24(38)39)35-26(41)43-28(5,6)7/h8-10,15-16H,1,11-14H2,2-7H3,(H,35,41)(H,38,39)(H,31,32,34,40)/t29-/m1/s1. The van der Waals surface area contributed by atoms with Crippen molar-refractivity contribution in [2.24, 2.45) is 0 Å². The molecule has 1 aliphatic rings. The fourth-order valence-electron chi connectivity index (χ4n) is 4.81. The smallest absolute Gasteiger partial charge is 0.413 e. The number of alkyl carbamates (subject to hydrolysis) is 1. The van der Waals surface area contributed by atoms with Crippen LogP contribution < -0.4 is 15.5 Å². The maximum absolute atomic E-state index is 15.0. The summed E-state index contributed by atoms with van der Waals surface area (Å²) in [6, 6.07) is 2.85. The van der Waals surface area contributed by atoms with Gasteiger partial charge in [-0.05, 0) is 53.7 Å². The quantitative estimate of drug-likeness (QED) is 0.352. The molecule has 4 rings (SSSR count). The Labute approximate surface area is 248 Å². The van der Waals surface area contributed by atoms with Crippen molar-refractivity contribution in [2.45, 2.75) is 71.2 Å². The number of aromatic nitrogens is 4. The summed E-state index contributed by atoms with van der Waals surface area (Å²) in [7, 11) is 0. The molecule has 1 atom stereocenters. The number of halogens is 1. The molecule has 0 aliphatic carbocycles. The molecule has 13 nitrogen and oxygen atoms in total. The van der Waals surface area contributed by atoms with Crippen molar-refractivity contribution >= 4 is 46.9 Å². The first-order valence-corrected chi connectivity index (χ1v) is 13.6. The molecule has 1 aromatic carbocycles. The molecule has 1 saturated heterocycles. The van der Waals surface area contributed by atoms with Gasteiger partial charge in [0.2, 0.25) is 0 Å². The Morgan fingerprint density at radius 2 is 1.77 bits per heavy atom. The Balaban J connectivity index is 1.67. The summed E-state index contributed by atoms with van der Waals surface area (Å²) >= 11 is 0. The van der Waals surface area contributed by atoms with Crippen molar-refractivity contribution in [3.63, 3.8) is 0 Å². The van der Waals surface area contributed by atoms with E-state index >= 15 is 4.39 Å². The monoisotopic (exact) mass is 597 g/mol. The third-order valence-electron chi connectivity index (χ3n) is 6.59. The maximum atomic E-state index is 15.0. The van der Waals surface area contributed by atoms with Gasteiger partial charge < -0.3 is 29.4 Å². The minimum atomic E-state index is -1.63. The number of benzene rings is 1. The number of nitrogens with zero attached hydrogens (tertiary/aromatic N) is 5. The Morgan fingerprint density at radius 3 is 2.40 bits per heavy atom. The zero-order valence-corrected chi connectivity index (χ0v) is 25.0. The molecule has 0 radical (unpaired) electrons. The lowest BCUT2D eigenvalue weighted by atomic mass is 9.99. The molecule has 43 heavy (non-hydrogen) atoms. The average Bonchev–Trinajstić information content (AvgIpc) is 3.48. The van der Waals surface area contributed by atoms with Gasteiger partial charge in [-0.25, -0.2) is 33.7 Å². The van der Waals surface area contributed by atoms with E-state index in [1.54, 1.807) is 57.1 Å². The number of carbonyl (C=O) groups excluding carboxylic acids is 2. The number of rotatable bonds is 7. The zero-order valence-electron chi connectivity index (χ0n) is 25.0. The Morgan fingerprint density at radius 1 is 1.09 bits per heavy atom. The highest BCUT2D eigenvalue weighted by atomic mass is 19.1. The van der Waals surface area contributed by atoms with Gasteiger partial charge in [0.1, 0.15) is 23.3 Å². The number of fused-ring (bicyclic) bond motifs is 1. The van der Waals surface area contributed by atoms with Gasteiger partial charge in [-0.3, -0.25) is 5.32 Å². The second kappa shape index (κ2) is 11.5. The number of aliphatic carboxylic acids is 1. The molecule has 1 fully saturated rings. The Kier molecular flexibility index (Phi) is 8.34. The molecule has 1 aliphatic heterocycles. The number of nitrogens with one attached hydrogen (secondary N) is 2. The van der Waals surface area contributed by atoms with Crippen LogP contribution in [0.1, 0.15) is 59.1 Å². The maximum Gasteiger partial charge on any atom is 0.413 e. The number of amides is 2. The van der Waals surface area contributed by atoms with Crippen LogP contribution in [0.4, 0.5) is 25.5 Å². The molecular formula is C29H36FN7O6. The number of carboxylic acids is 1. The Hall–Kier alpha value is -4.75. The first-order valence-electron chi connectivity index (χ1n) is 13.6. The molecule has 14 heteroatoms. The van der Waals surface area contributed by atoms with E-state index in [2.05, 4.69) is 32.2 Å². The molecule has 0 saturated carbocycles. The zero-order chi connectivity index (χ0) is 31.7. The summed E-state index contributed by atoms with van der Waals surface area (Å²) in [5.41, 5.74) is -1.25. The predicted molar refractivity (Wildman–Crippen MR) is 157 cm³/mol. The molecule has 0 spiro atoms. The van der Waals surface area contributed by atoms with Crippen LogP contribution in [0.5, 0.6) is 0 Å². The van der Waals surface area contributed by atoms with Crippen molar-refractivity contribution in [1.29, 1.82) is 0 Å². The topological polar surface area (TPSA) is 161 Å². The summed E-state index contributed by atoms with van der Waals surface area (Å²) in [5, 5.41) is 15.3. The van der Waals surface area contributed by atoms with E-state index in [1.165, 1.54) is 24.8 Å². The van der Waals surface area contributed by atoms with E-state index in [0.29, 0.717) is 22.4 Å². The highest BCUT2D eigenvalue weighted by Crippen LogP contribution is 2.34. The molecule has 2 amide bonds. The third kappa shape index (κ3) is 7.01. The van der Waals surface area contributed by atoms with Crippen molar-refractivity contribution < 1.29 is 33.4 Å². The lowest BCUT2D eigenvalue weighted by Crippen LogP contribution is -2.57. The van der Waals surface area contributed by atoms with Gasteiger partial charge in [0.15, 0.2) is 22.5 Å². The van der Waals surface area contributed by atoms with Crippen molar-refractivity contribution in [3.05, 3.63) is 48.3 Å². The van der Waals surface area contributed by atoms with Crippen LogP contribution in [0, 0.1) is 5.82 Å². The van der Waals surface area contributed by atoms with E-state index in [0.717, 1.165) is 0 Å². The lowest BCUT2D eigenvalue weighted by Gasteiger charge is -2.29. The highest BCUT2D eigenvalue weighted by Gasteiger charge is 2.47. The van der Waals surface area contributed by atoms with Gasteiger partial charge in [-0.2, -0.15) is 0 Å². The molecule has 2 aromatic heterocycles. The van der Waals surface area contributed by atoms with E-state index in [4.69, 9.17) is 9.47 Å². The summed E-state index contributed by atoms with van der Waals surface area (Å²) in [6.45, 7) is 14.3. The number of imidazole rings is 1. The molecule has 3 heterocycles. The normalized spacial score (nSPS) is 17.0. The van der Waals surface area contributed by atoms with E-state index in [1.807, 2.05) is 0 Å². The van der Waals surface area contributed by atoms with Gasteiger partial charge in [0.05, 0.1) is 19.4 Å². The van der Waals surface area contributed by atoms with E-state index in [9.17, 15) is 19.5 Å². The fraction of sp³-hybridized carbons (Fsp3) is 0.448. The van der Waals surface area contributed by atoms with Crippen LogP contribution in [0.3, 0.4) is 0 Å². The number of carboxylic acid groups (broad SMARTS) is 1. The van der Waals surface area contributed by atoms with Gasteiger partial charge in [0, 0.05) is 29.8 Å². The first-order chi connectivity index (χ1) is 20.0. The number of carbonyl (C=O) groups is 3. The SMILES string of the molecule is C=Cc1c(F)ccc(N2CC[C@](NC(=O)OC(C)(C)C)(C(=O)O)C2)c1Cn1cnc2c(NC(=O)OC(C)(C)C)ncnc21. The van der Waals surface area contributed by atoms with Crippen LogP contribution in [0.2, 0.25) is 0 Å². The number of anilines is 2. The van der Waals surface area contributed by atoms with E-state index in [-0.39, 0.29) is 37.4 Å². The molecule has 0 bridgehead atoms. The Bertz CT molecular complexity index is 1580. The minimum Gasteiger partial charge on any atom is -0.479 e. The van der Waals surface area contributed by atoms with Gasteiger partial charge in [0.25, 0.3) is 0 Å². The van der Waals surface area contributed by atoms with Crippen LogP contribution in [-0.4, -0.2) is 72.6 Å². The van der Waals surface area contributed by atoms with Crippen molar-refractivity contribution in [2.75, 3.05) is 23.3 Å². The molecule has 0 unspecified atom stereocenters. The predicted octanol–water partition coefficient (Wildman–Crippen LogP) is 4.56. The van der Waals surface area contributed by atoms with Crippen LogP contribution in [0.15, 0.2) is 31.4 Å². The van der Waals surface area contributed by atoms with Crippen LogP contribution in [-0.2, 0) is 20.8 Å². The number of hydrogen-bond acceptors (Lipinski definition) is 9. The number of ether oxygens (including phenoxy) is 2. The summed E-state index contributed by atoms with van der Waals surface area (Å²) in [6.07, 6.45) is 2.66. The van der Waals surface area contributed by atoms with Crippen molar-refractivity contribution in [3.8, 4) is 0 Å². The molecule has 3 aromatic rings.